The van der Waals surface area contributed by atoms with Crippen LogP contribution in [-0.2, 0) is 14.3 Å². The number of carbonyl (C=O) groups excluding carboxylic acids is 1. The second kappa shape index (κ2) is 6.10. The van der Waals surface area contributed by atoms with Gasteiger partial charge in [-0.3, -0.25) is 4.79 Å². The molecule has 0 saturated carbocycles. The zero-order chi connectivity index (χ0) is 12.3. The first kappa shape index (κ1) is 14.1. The third kappa shape index (κ3) is 3.04. The highest BCUT2D eigenvalue weighted by Gasteiger charge is 2.44. The molecule has 6 nitrogen and oxygen atoms in total. The number of methoxy groups -OCH3 is 1. The van der Waals surface area contributed by atoms with Gasteiger partial charge in [0.15, 0.2) is 6.29 Å². The summed E-state index contributed by atoms with van der Waals surface area (Å²) < 4.78 is 11.0. The van der Waals surface area contributed by atoms with E-state index in [-0.39, 0.29) is 5.91 Å². The van der Waals surface area contributed by atoms with Gasteiger partial charge in [0.05, 0.1) is 6.10 Å². The van der Waals surface area contributed by atoms with Gasteiger partial charge in [-0.1, -0.05) is 22.6 Å². The number of halogens is 1. The van der Waals surface area contributed by atoms with E-state index in [2.05, 4.69) is 27.9 Å². The van der Waals surface area contributed by atoms with Crippen molar-refractivity contribution in [3.8, 4) is 0 Å². The minimum atomic E-state index is -1.10. The second-order valence-electron chi connectivity index (χ2n) is 3.64. The average Bonchev–Trinajstić information content (AvgIpc) is 2.25. The Morgan fingerprint density at radius 2 is 2.12 bits per heavy atom. The molecule has 1 aliphatic heterocycles. The molecule has 0 radical (unpaired) electrons. The van der Waals surface area contributed by atoms with Gasteiger partial charge in [-0.15, -0.1) is 0 Å². The molecule has 0 spiro atoms. The van der Waals surface area contributed by atoms with Crippen molar-refractivity contribution in [1.29, 1.82) is 0 Å². The summed E-state index contributed by atoms with van der Waals surface area (Å²) in [5.74, 6) is -0.310. The van der Waals surface area contributed by atoms with Crippen LogP contribution in [0.4, 0.5) is 0 Å². The van der Waals surface area contributed by atoms with Gasteiger partial charge in [-0.25, -0.2) is 0 Å². The molecule has 1 heterocycles. The van der Waals surface area contributed by atoms with Gasteiger partial charge in [-0.05, 0) is 0 Å². The molecule has 1 amide bonds. The third-order valence-corrected chi connectivity index (χ3v) is 3.32. The smallest absolute Gasteiger partial charge is 0.217 e. The summed E-state index contributed by atoms with van der Waals surface area (Å²) in [4.78, 5) is 11.0. The fourth-order valence-electron chi connectivity index (χ4n) is 1.65. The average molecular weight is 345 g/mol. The van der Waals surface area contributed by atoms with Crippen LogP contribution in [0.2, 0.25) is 0 Å². The van der Waals surface area contributed by atoms with Gasteiger partial charge in [0, 0.05) is 18.5 Å². The Hall–Kier alpha value is 0.0400. The van der Waals surface area contributed by atoms with Gasteiger partial charge in [0.1, 0.15) is 18.2 Å². The summed E-state index contributed by atoms with van der Waals surface area (Å²) in [5, 5.41) is 22.1. The molecule has 0 unspecified atom stereocenters. The predicted octanol–water partition coefficient (Wildman–Crippen LogP) is -0.981. The molecule has 0 aromatic rings. The van der Waals surface area contributed by atoms with Crippen molar-refractivity contribution in [2.45, 2.75) is 37.6 Å². The maximum absolute atomic E-state index is 11.0. The van der Waals surface area contributed by atoms with Crippen LogP contribution in [0.15, 0.2) is 0 Å². The van der Waals surface area contributed by atoms with E-state index in [9.17, 15) is 15.0 Å². The Labute approximate surface area is 107 Å². The lowest BCUT2D eigenvalue weighted by Crippen LogP contribution is -2.64. The van der Waals surface area contributed by atoms with Gasteiger partial charge in [0.2, 0.25) is 5.91 Å². The molecule has 0 aliphatic carbocycles. The van der Waals surface area contributed by atoms with E-state index in [4.69, 9.17) is 9.47 Å². The summed E-state index contributed by atoms with van der Waals surface area (Å²) in [6.45, 7) is 1.33. The van der Waals surface area contributed by atoms with E-state index in [1.165, 1.54) is 14.0 Å². The van der Waals surface area contributed by atoms with Crippen LogP contribution in [0.25, 0.3) is 0 Å². The number of aliphatic hydroxyl groups excluding tert-OH is 2. The van der Waals surface area contributed by atoms with E-state index >= 15 is 0 Å². The summed E-state index contributed by atoms with van der Waals surface area (Å²) in [5.41, 5.74) is 0. The van der Waals surface area contributed by atoms with Crippen molar-refractivity contribution < 1.29 is 24.5 Å². The molecule has 0 bridgehead atoms. The molecule has 16 heavy (non-hydrogen) atoms. The molecule has 0 aromatic carbocycles. The van der Waals surface area contributed by atoms with Crippen molar-refractivity contribution in [2.24, 2.45) is 0 Å². The Morgan fingerprint density at radius 3 is 2.56 bits per heavy atom. The molecular formula is C9H16INO5. The van der Waals surface area contributed by atoms with E-state index in [0.717, 1.165) is 0 Å². The van der Waals surface area contributed by atoms with E-state index in [1.807, 2.05) is 0 Å². The van der Waals surface area contributed by atoms with Crippen molar-refractivity contribution >= 4 is 28.5 Å². The number of hydrogen-bond donors (Lipinski definition) is 3. The lowest BCUT2D eigenvalue weighted by atomic mass is 9.97. The molecular weight excluding hydrogens is 329 g/mol. The number of nitrogens with one attached hydrogen (secondary N) is 1. The first-order valence-corrected chi connectivity index (χ1v) is 6.41. The summed E-state index contributed by atoms with van der Waals surface area (Å²) in [6, 6.07) is -0.753. The normalized spacial score (nSPS) is 39.4. The van der Waals surface area contributed by atoms with Gasteiger partial charge < -0.3 is 25.0 Å². The van der Waals surface area contributed by atoms with Crippen molar-refractivity contribution in [3.05, 3.63) is 0 Å². The minimum Gasteiger partial charge on any atom is -0.388 e. The number of amides is 1. The monoisotopic (exact) mass is 345 g/mol. The summed E-state index contributed by atoms with van der Waals surface area (Å²) in [6.07, 6.45) is -3.37. The molecule has 5 atom stereocenters. The maximum Gasteiger partial charge on any atom is 0.217 e. The zero-order valence-electron chi connectivity index (χ0n) is 9.09. The van der Waals surface area contributed by atoms with Crippen LogP contribution >= 0.6 is 22.6 Å². The Balaban J connectivity index is 2.77. The molecule has 1 rings (SSSR count). The molecule has 1 aliphatic rings. The number of rotatable bonds is 3. The Morgan fingerprint density at radius 1 is 1.50 bits per heavy atom. The van der Waals surface area contributed by atoms with Crippen LogP contribution < -0.4 is 5.32 Å². The van der Waals surface area contributed by atoms with Gasteiger partial charge in [-0.2, -0.15) is 0 Å². The van der Waals surface area contributed by atoms with Crippen LogP contribution in [-0.4, -0.2) is 58.3 Å². The quantitative estimate of drug-likeness (QED) is 0.452. The number of aliphatic hydroxyl groups is 2. The lowest BCUT2D eigenvalue weighted by Gasteiger charge is -2.41. The molecule has 94 valence electrons. The fourth-order valence-corrected chi connectivity index (χ4v) is 2.38. The first-order valence-electron chi connectivity index (χ1n) is 4.88. The van der Waals surface area contributed by atoms with Crippen LogP contribution in [0, 0.1) is 0 Å². The minimum absolute atomic E-state index is 0.310. The largest absolute Gasteiger partial charge is 0.388 e. The molecule has 1 saturated heterocycles. The van der Waals surface area contributed by atoms with Crippen molar-refractivity contribution in [3.63, 3.8) is 0 Å². The topological polar surface area (TPSA) is 88.0 Å². The van der Waals surface area contributed by atoms with Crippen molar-refractivity contribution in [1.82, 2.24) is 5.32 Å². The predicted molar refractivity (Wildman–Crippen MR) is 64.2 cm³/mol. The molecule has 1 fully saturated rings. The standard InChI is InChI=1S/C9H16INO5/c1-4(12)11-6-8(14)7(13)5(3-10)16-9(6)15-2/h5-9,13-14H,3H2,1-2H3,(H,11,12)/t5-,6-,7-,8-,9+/m1/s1. The fraction of sp³-hybridized carbons (Fsp3) is 0.889. The number of alkyl halides is 1. The highest BCUT2D eigenvalue weighted by Crippen LogP contribution is 2.22. The van der Waals surface area contributed by atoms with Crippen LogP contribution in [0.1, 0.15) is 6.92 Å². The number of carbonyl (C=O) groups is 1. The SMILES string of the molecule is CO[C@H]1O[C@H](CI)[C@@H](O)[C@H](O)[C@H]1NC(C)=O. The summed E-state index contributed by atoms with van der Waals surface area (Å²) >= 11 is 2.05. The van der Waals surface area contributed by atoms with Crippen LogP contribution in [0.5, 0.6) is 0 Å². The maximum atomic E-state index is 11.0. The number of hydrogen-bond acceptors (Lipinski definition) is 5. The van der Waals surface area contributed by atoms with Crippen LogP contribution in [0.3, 0.4) is 0 Å². The first-order chi connectivity index (χ1) is 7.51. The Bertz CT molecular complexity index is 250. The summed E-state index contributed by atoms with van der Waals surface area (Å²) in [7, 11) is 1.42. The van der Waals surface area contributed by atoms with Gasteiger partial charge >= 0.3 is 0 Å². The van der Waals surface area contributed by atoms with Crippen molar-refractivity contribution in [2.75, 3.05) is 11.5 Å². The zero-order valence-corrected chi connectivity index (χ0v) is 11.2. The lowest BCUT2D eigenvalue weighted by molar-refractivity contribution is -0.250. The third-order valence-electron chi connectivity index (χ3n) is 2.46. The number of ether oxygens (including phenoxy) is 2. The van der Waals surface area contributed by atoms with E-state index in [1.54, 1.807) is 0 Å². The molecule has 0 aromatic heterocycles. The van der Waals surface area contributed by atoms with Gasteiger partial charge in [0.25, 0.3) is 0 Å². The second-order valence-corrected chi connectivity index (χ2v) is 4.52. The highest BCUT2D eigenvalue weighted by molar-refractivity contribution is 14.1. The molecule has 7 heteroatoms. The van der Waals surface area contributed by atoms with E-state index < -0.39 is 30.6 Å². The highest BCUT2D eigenvalue weighted by atomic mass is 127. The Kier molecular flexibility index (Phi) is 5.38. The molecule has 3 N–H and O–H groups in total. The van der Waals surface area contributed by atoms with E-state index in [0.29, 0.717) is 4.43 Å².